The van der Waals surface area contributed by atoms with Gasteiger partial charge in [0.2, 0.25) is 0 Å². The van der Waals surface area contributed by atoms with Gasteiger partial charge < -0.3 is 25.4 Å². The Morgan fingerprint density at radius 1 is 1.29 bits per heavy atom. The van der Waals surface area contributed by atoms with Crippen LogP contribution in [0.4, 0.5) is 0 Å². The Balaban J connectivity index is 2.77. The maximum atomic E-state index is 10.9. The third-order valence-corrected chi connectivity index (χ3v) is 2.98. The van der Waals surface area contributed by atoms with E-state index in [2.05, 4.69) is 5.32 Å². The summed E-state index contributed by atoms with van der Waals surface area (Å²) in [6.07, 6.45) is -1.83. The van der Waals surface area contributed by atoms with Crippen LogP contribution in [0.3, 0.4) is 0 Å². The second-order valence-electron chi connectivity index (χ2n) is 4.91. The molecule has 1 rings (SSSR count). The monoisotopic (exact) mass is 297 g/mol. The minimum atomic E-state index is -1.01. The summed E-state index contributed by atoms with van der Waals surface area (Å²) in [6.45, 7) is 4.24. The molecule has 3 atom stereocenters. The highest BCUT2D eigenvalue weighted by Crippen LogP contribution is 2.22. The highest BCUT2D eigenvalue weighted by Gasteiger charge is 2.23. The lowest BCUT2D eigenvalue weighted by atomic mass is 9.99. The minimum Gasteiger partial charge on any atom is -0.494 e. The first-order valence-corrected chi connectivity index (χ1v) is 6.98. The number of carboxylic acids is 1. The number of benzene rings is 1. The molecule has 0 aromatic heterocycles. The number of carboxylic acid groups (broad SMARTS) is 1. The van der Waals surface area contributed by atoms with Crippen LogP contribution in [-0.2, 0) is 4.79 Å². The molecule has 0 aliphatic heterocycles. The second kappa shape index (κ2) is 8.61. The van der Waals surface area contributed by atoms with E-state index in [1.165, 1.54) is 0 Å². The fraction of sp³-hybridized carbons (Fsp3) is 0.533. The zero-order chi connectivity index (χ0) is 15.8. The van der Waals surface area contributed by atoms with E-state index in [0.717, 1.165) is 0 Å². The molecule has 4 N–H and O–H groups in total. The standard InChI is InChI=1S/C15H23NO5/c1-3-21-12-6-4-11(5-7-12)15(20)13(8-14(18)19)16-9-10(2)17/h4-7,10,13,15-17,20H,3,8-9H2,1-2H3,(H,18,19). The number of aliphatic carboxylic acids is 1. The number of aliphatic hydroxyl groups is 2. The third kappa shape index (κ3) is 6.12. The number of rotatable bonds is 9. The van der Waals surface area contributed by atoms with E-state index in [-0.39, 0.29) is 13.0 Å². The average Bonchev–Trinajstić information content (AvgIpc) is 2.43. The van der Waals surface area contributed by atoms with E-state index in [1.807, 2.05) is 6.92 Å². The lowest BCUT2D eigenvalue weighted by molar-refractivity contribution is -0.138. The maximum absolute atomic E-state index is 10.9. The fourth-order valence-corrected chi connectivity index (χ4v) is 1.97. The predicted molar refractivity (Wildman–Crippen MR) is 78.3 cm³/mol. The van der Waals surface area contributed by atoms with Crippen molar-refractivity contribution in [2.24, 2.45) is 0 Å². The molecule has 3 unspecified atom stereocenters. The van der Waals surface area contributed by atoms with E-state index < -0.39 is 24.2 Å². The molecule has 0 bridgehead atoms. The Hall–Kier alpha value is -1.63. The molecule has 0 aliphatic carbocycles. The van der Waals surface area contributed by atoms with Crippen molar-refractivity contribution in [1.29, 1.82) is 0 Å². The second-order valence-corrected chi connectivity index (χ2v) is 4.91. The van der Waals surface area contributed by atoms with Gasteiger partial charge in [-0.05, 0) is 31.5 Å². The summed E-state index contributed by atoms with van der Waals surface area (Å²) in [7, 11) is 0. The summed E-state index contributed by atoms with van der Waals surface area (Å²) in [5, 5.41) is 31.4. The van der Waals surface area contributed by atoms with Crippen LogP contribution >= 0.6 is 0 Å². The van der Waals surface area contributed by atoms with Gasteiger partial charge in [-0.15, -0.1) is 0 Å². The van der Waals surface area contributed by atoms with Crippen molar-refractivity contribution in [3.63, 3.8) is 0 Å². The Kier molecular flexibility index (Phi) is 7.14. The van der Waals surface area contributed by atoms with Crippen molar-refractivity contribution in [3.05, 3.63) is 29.8 Å². The quantitative estimate of drug-likeness (QED) is 0.541. The maximum Gasteiger partial charge on any atom is 0.305 e. The van der Waals surface area contributed by atoms with Gasteiger partial charge in [-0.3, -0.25) is 4.79 Å². The molecular formula is C15H23NO5. The SMILES string of the molecule is CCOc1ccc(C(O)C(CC(=O)O)NCC(C)O)cc1. The molecule has 6 nitrogen and oxygen atoms in total. The van der Waals surface area contributed by atoms with Crippen LogP contribution in [0.15, 0.2) is 24.3 Å². The molecule has 0 saturated carbocycles. The highest BCUT2D eigenvalue weighted by molar-refractivity contribution is 5.67. The first-order chi connectivity index (χ1) is 9.93. The van der Waals surface area contributed by atoms with Gasteiger partial charge in [0.15, 0.2) is 0 Å². The summed E-state index contributed by atoms with van der Waals surface area (Å²) in [5.74, 6) is -0.316. The molecule has 0 amide bonds. The summed E-state index contributed by atoms with van der Waals surface area (Å²) >= 11 is 0. The van der Waals surface area contributed by atoms with Crippen molar-refractivity contribution in [1.82, 2.24) is 5.32 Å². The third-order valence-electron chi connectivity index (χ3n) is 2.98. The van der Waals surface area contributed by atoms with Crippen LogP contribution in [0.5, 0.6) is 5.75 Å². The van der Waals surface area contributed by atoms with Crippen LogP contribution in [0.1, 0.15) is 31.9 Å². The molecule has 21 heavy (non-hydrogen) atoms. The van der Waals surface area contributed by atoms with Gasteiger partial charge >= 0.3 is 5.97 Å². The van der Waals surface area contributed by atoms with Crippen molar-refractivity contribution in [2.75, 3.05) is 13.2 Å². The molecule has 0 heterocycles. The summed E-state index contributed by atoms with van der Waals surface area (Å²) in [5.41, 5.74) is 0.600. The smallest absolute Gasteiger partial charge is 0.305 e. The van der Waals surface area contributed by atoms with Crippen LogP contribution in [0, 0.1) is 0 Å². The summed E-state index contributed by atoms with van der Waals surface area (Å²) in [4.78, 5) is 10.9. The van der Waals surface area contributed by atoms with Crippen molar-refractivity contribution < 1.29 is 24.9 Å². The largest absolute Gasteiger partial charge is 0.494 e. The molecule has 0 spiro atoms. The number of hydrogen-bond acceptors (Lipinski definition) is 5. The van der Waals surface area contributed by atoms with Gasteiger partial charge in [-0.2, -0.15) is 0 Å². The Morgan fingerprint density at radius 3 is 2.38 bits per heavy atom. The normalized spacial score (nSPS) is 15.2. The highest BCUT2D eigenvalue weighted by atomic mass is 16.5. The van der Waals surface area contributed by atoms with Crippen LogP contribution in [0.2, 0.25) is 0 Å². The molecule has 0 radical (unpaired) electrons. The summed E-state index contributed by atoms with van der Waals surface area (Å²) < 4.78 is 5.32. The number of aliphatic hydroxyl groups excluding tert-OH is 2. The average molecular weight is 297 g/mol. The van der Waals surface area contributed by atoms with Gasteiger partial charge in [-0.25, -0.2) is 0 Å². The lowest BCUT2D eigenvalue weighted by Crippen LogP contribution is -2.40. The topological polar surface area (TPSA) is 99.0 Å². The van der Waals surface area contributed by atoms with E-state index in [4.69, 9.17) is 9.84 Å². The van der Waals surface area contributed by atoms with Gasteiger partial charge in [0.1, 0.15) is 5.75 Å². The Bertz CT molecular complexity index is 432. The molecule has 0 aliphatic rings. The number of nitrogens with one attached hydrogen (secondary N) is 1. The van der Waals surface area contributed by atoms with Gasteiger partial charge in [0, 0.05) is 12.6 Å². The molecule has 6 heteroatoms. The first-order valence-electron chi connectivity index (χ1n) is 6.98. The molecule has 0 fully saturated rings. The summed E-state index contributed by atoms with van der Waals surface area (Å²) in [6, 6.07) is 6.20. The van der Waals surface area contributed by atoms with Gasteiger partial charge in [0.05, 0.1) is 25.2 Å². The van der Waals surface area contributed by atoms with Crippen LogP contribution in [-0.4, -0.2) is 46.6 Å². The predicted octanol–water partition coefficient (Wildman–Crippen LogP) is 0.932. The van der Waals surface area contributed by atoms with Crippen molar-refractivity contribution in [3.8, 4) is 5.75 Å². The molecule has 1 aromatic carbocycles. The van der Waals surface area contributed by atoms with E-state index in [0.29, 0.717) is 17.9 Å². The zero-order valence-electron chi connectivity index (χ0n) is 12.3. The first kappa shape index (κ1) is 17.4. The Morgan fingerprint density at radius 2 is 1.90 bits per heavy atom. The van der Waals surface area contributed by atoms with E-state index in [1.54, 1.807) is 31.2 Å². The Labute approximate surface area is 124 Å². The lowest BCUT2D eigenvalue weighted by Gasteiger charge is -2.24. The number of ether oxygens (including phenoxy) is 1. The number of hydrogen-bond donors (Lipinski definition) is 4. The molecule has 118 valence electrons. The van der Waals surface area contributed by atoms with Gasteiger partial charge in [0.25, 0.3) is 0 Å². The minimum absolute atomic E-state index is 0.214. The van der Waals surface area contributed by atoms with Crippen molar-refractivity contribution >= 4 is 5.97 Å². The fourth-order valence-electron chi connectivity index (χ4n) is 1.97. The van der Waals surface area contributed by atoms with Crippen LogP contribution in [0.25, 0.3) is 0 Å². The molecule has 1 aromatic rings. The molecular weight excluding hydrogens is 274 g/mol. The van der Waals surface area contributed by atoms with Crippen LogP contribution < -0.4 is 10.1 Å². The van der Waals surface area contributed by atoms with Crippen molar-refractivity contribution in [2.45, 2.75) is 38.5 Å². The van der Waals surface area contributed by atoms with Gasteiger partial charge in [-0.1, -0.05) is 12.1 Å². The zero-order valence-corrected chi connectivity index (χ0v) is 12.3. The van der Waals surface area contributed by atoms with E-state index >= 15 is 0 Å². The van der Waals surface area contributed by atoms with E-state index in [9.17, 15) is 15.0 Å². The number of carbonyl (C=O) groups is 1. The molecule has 0 saturated heterocycles.